The van der Waals surface area contributed by atoms with E-state index in [-0.39, 0.29) is 27.1 Å². The lowest BCUT2D eigenvalue weighted by molar-refractivity contribution is 0.373. The molecule has 0 radical (unpaired) electrons. The first kappa shape index (κ1) is 23.7. The van der Waals surface area contributed by atoms with Gasteiger partial charge in [0, 0.05) is 24.2 Å². The molecule has 0 bridgehead atoms. The minimum Gasteiger partial charge on any atom is -0.315 e. The molecule has 1 aliphatic heterocycles. The Morgan fingerprint density at radius 2 is 1.94 bits per heavy atom. The van der Waals surface area contributed by atoms with Gasteiger partial charge in [0.25, 0.3) is 10.0 Å². The molecule has 0 aliphatic carbocycles. The Bertz CT molecular complexity index is 1250. The van der Waals surface area contributed by atoms with Gasteiger partial charge < -0.3 is 9.88 Å². The summed E-state index contributed by atoms with van der Waals surface area (Å²) >= 11 is 6.07. The van der Waals surface area contributed by atoms with E-state index in [1.807, 2.05) is 4.57 Å². The summed E-state index contributed by atoms with van der Waals surface area (Å²) in [6.07, 6.45) is 3.53. The topological polar surface area (TPSA) is 88.9 Å². The van der Waals surface area contributed by atoms with Crippen molar-refractivity contribution in [1.29, 1.82) is 0 Å². The summed E-state index contributed by atoms with van der Waals surface area (Å²) in [5.41, 5.74) is 1.31. The van der Waals surface area contributed by atoms with Gasteiger partial charge in [-0.1, -0.05) is 44.5 Å². The van der Waals surface area contributed by atoms with E-state index in [4.69, 9.17) is 11.6 Å². The van der Waals surface area contributed by atoms with Crippen molar-refractivity contribution in [2.75, 3.05) is 17.8 Å². The van der Waals surface area contributed by atoms with Gasteiger partial charge in [-0.15, -0.1) is 10.2 Å². The summed E-state index contributed by atoms with van der Waals surface area (Å²) in [5.74, 6) is -0.307. The number of nitrogens with one attached hydrogen (secondary N) is 2. The SMILES string of the molecule is CC(C)(C)c1ccc(S(=O)(=O)Nc2cc(F)c(Cl)cc2-c2nncn2[C@H]2CCCNC2)cc1. The van der Waals surface area contributed by atoms with E-state index in [2.05, 4.69) is 41.0 Å². The van der Waals surface area contributed by atoms with E-state index < -0.39 is 15.8 Å². The quantitative estimate of drug-likeness (QED) is 0.537. The van der Waals surface area contributed by atoms with E-state index in [0.717, 1.165) is 37.6 Å². The molecule has 7 nitrogen and oxygen atoms in total. The summed E-state index contributed by atoms with van der Waals surface area (Å²) in [6, 6.07) is 9.22. The zero-order chi connectivity index (χ0) is 23.8. The van der Waals surface area contributed by atoms with Gasteiger partial charge >= 0.3 is 0 Å². The van der Waals surface area contributed by atoms with Crippen molar-refractivity contribution in [3.05, 3.63) is 59.1 Å². The lowest BCUT2D eigenvalue weighted by Gasteiger charge is -2.25. The highest BCUT2D eigenvalue weighted by Gasteiger charge is 2.25. The monoisotopic (exact) mass is 491 g/mol. The molecule has 4 rings (SSSR count). The van der Waals surface area contributed by atoms with Gasteiger partial charge in [-0.05, 0) is 48.6 Å². The molecule has 2 heterocycles. The van der Waals surface area contributed by atoms with Gasteiger partial charge in [-0.25, -0.2) is 12.8 Å². The van der Waals surface area contributed by atoms with Crippen molar-refractivity contribution in [1.82, 2.24) is 20.1 Å². The Labute approximate surface area is 198 Å². The van der Waals surface area contributed by atoms with E-state index in [1.165, 1.54) is 6.07 Å². The van der Waals surface area contributed by atoms with Crippen LogP contribution in [0.2, 0.25) is 5.02 Å². The third-order valence-electron chi connectivity index (χ3n) is 5.81. The van der Waals surface area contributed by atoms with Gasteiger partial charge in [0.05, 0.1) is 15.6 Å². The predicted molar refractivity (Wildman–Crippen MR) is 128 cm³/mol. The largest absolute Gasteiger partial charge is 0.315 e. The fourth-order valence-electron chi connectivity index (χ4n) is 3.93. The molecule has 1 saturated heterocycles. The lowest BCUT2D eigenvalue weighted by atomic mass is 9.87. The number of nitrogens with zero attached hydrogens (tertiary/aromatic N) is 3. The third-order valence-corrected chi connectivity index (χ3v) is 7.48. The first-order valence-corrected chi connectivity index (χ1v) is 12.7. The number of piperidine rings is 1. The molecule has 0 spiro atoms. The number of halogens is 2. The smallest absolute Gasteiger partial charge is 0.261 e. The van der Waals surface area contributed by atoms with E-state index in [9.17, 15) is 12.8 Å². The summed E-state index contributed by atoms with van der Waals surface area (Å²) in [6.45, 7) is 7.83. The fraction of sp³-hybridized carbons (Fsp3) is 0.391. The average Bonchev–Trinajstić information content (AvgIpc) is 3.26. The van der Waals surface area contributed by atoms with Crippen LogP contribution in [0.1, 0.15) is 45.2 Å². The van der Waals surface area contributed by atoms with E-state index >= 15 is 0 Å². The number of anilines is 1. The van der Waals surface area contributed by atoms with Crippen molar-refractivity contribution in [3.8, 4) is 11.4 Å². The summed E-state index contributed by atoms with van der Waals surface area (Å²) < 4.78 is 45.1. The van der Waals surface area contributed by atoms with E-state index in [0.29, 0.717) is 11.4 Å². The van der Waals surface area contributed by atoms with Crippen LogP contribution in [0, 0.1) is 5.82 Å². The van der Waals surface area contributed by atoms with Crippen LogP contribution in [-0.2, 0) is 15.4 Å². The highest BCUT2D eigenvalue weighted by atomic mass is 35.5. The Kier molecular flexibility index (Phi) is 6.48. The van der Waals surface area contributed by atoms with Crippen molar-refractivity contribution in [2.45, 2.75) is 50.0 Å². The van der Waals surface area contributed by atoms with Crippen LogP contribution in [0.5, 0.6) is 0 Å². The van der Waals surface area contributed by atoms with Crippen molar-refractivity contribution >= 4 is 27.3 Å². The molecule has 0 unspecified atom stereocenters. The number of sulfonamides is 1. The number of hydrogen-bond donors (Lipinski definition) is 2. The molecule has 33 heavy (non-hydrogen) atoms. The summed E-state index contributed by atoms with van der Waals surface area (Å²) in [4.78, 5) is 0.0785. The highest BCUT2D eigenvalue weighted by Crippen LogP contribution is 2.35. The van der Waals surface area contributed by atoms with Crippen LogP contribution < -0.4 is 10.0 Å². The maximum Gasteiger partial charge on any atom is 0.261 e. The zero-order valence-corrected chi connectivity index (χ0v) is 20.3. The molecule has 2 aromatic carbocycles. The Morgan fingerprint density at radius 3 is 2.58 bits per heavy atom. The zero-order valence-electron chi connectivity index (χ0n) is 18.8. The summed E-state index contributed by atoms with van der Waals surface area (Å²) in [7, 11) is -3.99. The molecular weight excluding hydrogens is 465 g/mol. The van der Waals surface area contributed by atoms with Crippen LogP contribution in [0.25, 0.3) is 11.4 Å². The van der Waals surface area contributed by atoms with Gasteiger partial charge in [0.1, 0.15) is 12.1 Å². The second kappa shape index (κ2) is 9.04. The maximum absolute atomic E-state index is 14.4. The lowest BCUT2D eigenvalue weighted by Crippen LogP contribution is -2.31. The van der Waals surface area contributed by atoms with Gasteiger partial charge in [-0.3, -0.25) is 4.72 Å². The normalized spacial score (nSPS) is 17.2. The molecule has 1 fully saturated rings. The second-order valence-corrected chi connectivity index (χ2v) is 11.3. The van der Waals surface area contributed by atoms with Crippen LogP contribution in [0.4, 0.5) is 10.1 Å². The number of rotatable bonds is 5. The van der Waals surface area contributed by atoms with Crippen molar-refractivity contribution in [3.63, 3.8) is 0 Å². The minimum absolute atomic E-state index is 0.0508. The molecule has 10 heteroatoms. The number of benzene rings is 2. The van der Waals surface area contributed by atoms with Crippen LogP contribution >= 0.6 is 11.6 Å². The van der Waals surface area contributed by atoms with Crippen LogP contribution in [0.3, 0.4) is 0 Å². The van der Waals surface area contributed by atoms with Gasteiger partial charge in [0.2, 0.25) is 0 Å². The Morgan fingerprint density at radius 1 is 1.21 bits per heavy atom. The molecule has 1 atom stereocenters. The highest BCUT2D eigenvalue weighted by molar-refractivity contribution is 7.92. The number of aromatic nitrogens is 3. The van der Waals surface area contributed by atoms with Gasteiger partial charge in [0.15, 0.2) is 5.82 Å². The summed E-state index contributed by atoms with van der Waals surface area (Å²) in [5, 5.41) is 11.4. The fourth-order valence-corrected chi connectivity index (χ4v) is 5.16. The predicted octanol–water partition coefficient (Wildman–Crippen LogP) is 4.76. The van der Waals surface area contributed by atoms with Crippen LogP contribution in [0.15, 0.2) is 47.6 Å². The molecule has 0 amide bonds. The molecule has 2 N–H and O–H groups in total. The Balaban J connectivity index is 1.72. The van der Waals surface area contributed by atoms with Crippen LogP contribution in [-0.4, -0.2) is 36.3 Å². The standard InChI is InChI=1S/C23H27ClFN5O2S/c1-23(2,3)15-6-8-17(9-7-15)33(31,32)29-21-12-20(25)19(24)11-18(21)22-28-27-14-30(22)16-5-4-10-26-13-16/h6-9,11-12,14,16,26,29H,4-5,10,13H2,1-3H3/t16-/m0/s1. The molecule has 0 saturated carbocycles. The number of hydrogen-bond acceptors (Lipinski definition) is 5. The van der Waals surface area contributed by atoms with Gasteiger partial charge in [-0.2, -0.15) is 0 Å². The van der Waals surface area contributed by atoms with E-state index in [1.54, 1.807) is 30.6 Å². The molecule has 1 aromatic heterocycles. The molecule has 3 aromatic rings. The third kappa shape index (κ3) is 5.05. The molecule has 1 aliphatic rings. The van der Waals surface area contributed by atoms with Crippen molar-refractivity contribution in [2.24, 2.45) is 0 Å². The van der Waals surface area contributed by atoms with Crippen molar-refractivity contribution < 1.29 is 12.8 Å². The molecular formula is C23H27ClFN5O2S. The first-order chi connectivity index (χ1) is 15.6. The average molecular weight is 492 g/mol. The Hall–Kier alpha value is -2.49. The minimum atomic E-state index is -3.99. The second-order valence-electron chi connectivity index (χ2n) is 9.25. The first-order valence-electron chi connectivity index (χ1n) is 10.8. The molecule has 176 valence electrons. The maximum atomic E-state index is 14.4.